The Labute approximate surface area is 91.5 Å². The van der Waals surface area contributed by atoms with Gasteiger partial charge in [-0.2, -0.15) is 0 Å². The maximum atomic E-state index is 4.80. The fraction of sp³-hybridized carbons (Fsp3) is 0.889. The van der Waals surface area contributed by atoms with Crippen LogP contribution in [0.2, 0.25) is 0 Å². The van der Waals surface area contributed by atoms with Crippen molar-refractivity contribution in [2.45, 2.75) is 25.7 Å². The third-order valence-electron chi connectivity index (χ3n) is 2.43. The second kappa shape index (κ2) is 6.51. The smallest absolute Gasteiger partial charge is 0.0757 e. The van der Waals surface area contributed by atoms with Gasteiger partial charge in [0, 0.05) is 25.9 Å². The highest BCUT2D eigenvalue weighted by Gasteiger charge is 2.06. The Hall–Kier alpha value is 0.0700. The van der Waals surface area contributed by atoms with Crippen LogP contribution in [0.25, 0.3) is 0 Å². The van der Waals surface area contributed by atoms with E-state index in [1.165, 1.54) is 38.8 Å². The summed E-state index contributed by atoms with van der Waals surface area (Å²) < 4.78 is 0.641. The predicted molar refractivity (Wildman–Crippen MR) is 61.7 cm³/mol. The normalized spacial score (nSPS) is 21.1. The van der Waals surface area contributed by atoms with E-state index in [1.54, 1.807) is 0 Å². The number of nitrogens with zero attached hydrogens (tertiary/aromatic N) is 1. The lowest BCUT2D eigenvalue weighted by molar-refractivity contribution is -0.635. The van der Waals surface area contributed by atoms with Crippen LogP contribution in [0.1, 0.15) is 25.7 Å². The molecule has 0 unspecified atom stereocenters. The van der Waals surface area contributed by atoms with Gasteiger partial charge in [-0.3, -0.25) is 0 Å². The molecule has 0 atom stereocenters. The lowest BCUT2D eigenvalue weighted by atomic mass is 10.4. The Morgan fingerprint density at radius 2 is 1.62 bits per heavy atom. The third-order valence-corrected chi connectivity index (χ3v) is 2.95. The van der Waals surface area contributed by atoms with Gasteiger partial charge in [-0.25, -0.2) is 0 Å². The highest BCUT2D eigenvalue weighted by Crippen LogP contribution is 2.06. The quantitative estimate of drug-likeness (QED) is 0.465. The molecule has 2 N–H and O–H groups in total. The van der Waals surface area contributed by atoms with Crippen molar-refractivity contribution in [2.75, 3.05) is 26.2 Å². The Morgan fingerprint density at radius 3 is 1.85 bits per heavy atom. The zero-order chi connectivity index (χ0) is 9.52. The number of nitrogens with two attached hydrogens (primary N) is 1. The van der Waals surface area contributed by atoms with Crippen molar-refractivity contribution in [2.24, 2.45) is 0 Å². The highest BCUT2D eigenvalue weighted by atomic mass is 32.1. The first-order valence-electron chi connectivity index (χ1n) is 5.08. The second-order valence-corrected chi connectivity index (χ2v) is 4.57. The molecule has 0 aromatic carbocycles. The van der Waals surface area contributed by atoms with E-state index >= 15 is 0 Å². The van der Waals surface area contributed by atoms with Crippen LogP contribution in [-0.2, 0) is 12.6 Å². The minimum absolute atomic E-state index is 0.641. The first-order valence-corrected chi connectivity index (χ1v) is 5.90. The molecule has 0 aromatic heterocycles. The molecular formula is C9H18N2S2. The standard InChI is InChI=1S/C5H9NS2.C4H9N/c7-5(8)6-3-1-2-4-6;1-2-4-5-3-1/h1-4H2,(H,7,8);5H,1-4H2. The topological polar surface area (TPSA) is 19.9 Å². The van der Waals surface area contributed by atoms with Crippen LogP contribution in [0.5, 0.6) is 0 Å². The van der Waals surface area contributed by atoms with Gasteiger partial charge in [0.2, 0.25) is 0 Å². The summed E-state index contributed by atoms with van der Waals surface area (Å²) in [6, 6.07) is 0. The van der Waals surface area contributed by atoms with Gasteiger partial charge in [0.1, 0.15) is 0 Å². The van der Waals surface area contributed by atoms with Crippen molar-refractivity contribution < 1.29 is 5.32 Å². The SMILES string of the molecule is C1CC[NH2+]C1.S=C([S-])N1CCCC1. The van der Waals surface area contributed by atoms with E-state index in [0.717, 1.165) is 13.1 Å². The number of likely N-dealkylation sites (tertiary alicyclic amines) is 1. The Bertz CT molecular complexity index is 144. The zero-order valence-corrected chi connectivity index (χ0v) is 9.63. The van der Waals surface area contributed by atoms with Crippen LogP contribution in [0.15, 0.2) is 0 Å². The number of hydrogen-bond acceptors (Lipinski definition) is 2. The fourth-order valence-electron chi connectivity index (χ4n) is 1.62. The molecule has 2 nitrogen and oxygen atoms in total. The molecule has 2 aliphatic rings. The van der Waals surface area contributed by atoms with Gasteiger partial charge in [0.25, 0.3) is 0 Å². The maximum Gasteiger partial charge on any atom is 0.0757 e. The molecule has 2 rings (SSSR count). The lowest BCUT2D eigenvalue weighted by Gasteiger charge is -2.20. The molecule has 4 heteroatoms. The zero-order valence-electron chi connectivity index (χ0n) is 8.00. The summed E-state index contributed by atoms with van der Waals surface area (Å²) in [6.07, 6.45) is 5.41. The minimum Gasteiger partial charge on any atom is -0.411 e. The lowest BCUT2D eigenvalue weighted by Crippen LogP contribution is -2.80. The van der Waals surface area contributed by atoms with Crippen LogP contribution < -0.4 is 5.32 Å². The van der Waals surface area contributed by atoms with E-state index in [0.29, 0.717) is 4.32 Å². The first-order chi connectivity index (χ1) is 6.30. The van der Waals surface area contributed by atoms with Crippen molar-refractivity contribution >= 4 is 29.2 Å². The van der Waals surface area contributed by atoms with Gasteiger partial charge in [0.05, 0.1) is 13.1 Å². The number of hydrogen-bond donors (Lipinski definition) is 1. The summed E-state index contributed by atoms with van der Waals surface area (Å²) in [5.74, 6) is 0. The Morgan fingerprint density at radius 1 is 1.08 bits per heavy atom. The number of quaternary nitrogens is 1. The fourth-order valence-corrected chi connectivity index (χ4v) is 1.99. The van der Waals surface area contributed by atoms with E-state index in [2.05, 4.69) is 10.2 Å². The van der Waals surface area contributed by atoms with Gasteiger partial charge in [-0.05, 0) is 12.8 Å². The molecule has 0 radical (unpaired) electrons. The number of rotatable bonds is 0. The van der Waals surface area contributed by atoms with Crippen LogP contribution in [0, 0.1) is 0 Å². The molecule has 0 aliphatic carbocycles. The second-order valence-electron chi connectivity index (χ2n) is 3.53. The van der Waals surface area contributed by atoms with E-state index in [9.17, 15) is 0 Å². The molecule has 0 saturated carbocycles. The Kier molecular flexibility index (Phi) is 5.58. The first kappa shape index (κ1) is 11.1. The third kappa shape index (κ3) is 4.74. The molecule has 2 heterocycles. The van der Waals surface area contributed by atoms with Gasteiger partial charge < -0.3 is 35.1 Å². The number of thiocarbonyl (C=S) groups is 1. The molecule has 0 aromatic rings. The summed E-state index contributed by atoms with van der Waals surface area (Å²) in [7, 11) is 0. The van der Waals surface area contributed by atoms with Crippen molar-refractivity contribution in [1.29, 1.82) is 0 Å². The van der Waals surface area contributed by atoms with Gasteiger partial charge in [-0.1, -0.05) is 4.32 Å². The molecule has 2 saturated heterocycles. The van der Waals surface area contributed by atoms with Crippen molar-refractivity contribution in [1.82, 2.24) is 4.90 Å². The molecule has 0 spiro atoms. The van der Waals surface area contributed by atoms with E-state index in [-0.39, 0.29) is 0 Å². The van der Waals surface area contributed by atoms with E-state index in [1.807, 2.05) is 0 Å². The summed E-state index contributed by atoms with van der Waals surface area (Å²) >= 11 is 9.59. The highest BCUT2D eigenvalue weighted by molar-refractivity contribution is 8.00. The monoisotopic (exact) mass is 218 g/mol. The molecule has 0 amide bonds. The van der Waals surface area contributed by atoms with Gasteiger partial charge >= 0.3 is 0 Å². The largest absolute Gasteiger partial charge is 0.411 e. The molecule has 2 fully saturated rings. The molecule has 13 heavy (non-hydrogen) atoms. The average molecular weight is 218 g/mol. The maximum absolute atomic E-state index is 4.80. The summed E-state index contributed by atoms with van der Waals surface area (Å²) in [4.78, 5) is 2.07. The van der Waals surface area contributed by atoms with Crippen molar-refractivity contribution in [3.05, 3.63) is 0 Å². The summed E-state index contributed by atoms with van der Waals surface area (Å²) in [5.41, 5.74) is 0. The molecule has 0 bridgehead atoms. The molecule has 2 aliphatic heterocycles. The summed E-state index contributed by atoms with van der Waals surface area (Å²) in [6.45, 7) is 4.92. The molecule has 76 valence electrons. The van der Waals surface area contributed by atoms with E-state index in [4.69, 9.17) is 24.8 Å². The Balaban J connectivity index is 0.000000145. The molecular weight excluding hydrogens is 200 g/mol. The summed E-state index contributed by atoms with van der Waals surface area (Å²) in [5, 5.41) is 2.36. The van der Waals surface area contributed by atoms with Crippen molar-refractivity contribution in [3.8, 4) is 0 Å². The van der Waals surface area contributed by atoms with Crippen LogP contribution in [0.3, 0.4) is 0 Å². The van der Waals surface area contributed by atoms with Crippen molar-refractivity contribution in [3.63, 3.8) is 0 Å². The average Bonchev–Trinajstić information content (AvgIpc) is 2.82. The van der Waals surface area contributed by atoms with Crippen LogP contribution in [-0.4, -0.2) is 35.4 Å². The van der Waals surface area contributed by atoms with Crippen LogP contribution >= 0.6 is 12.2 Å². The van der Waals surface area contributed by atoms with Gasteiger partial charge in [0.15, 0.2) is 0 Å². The minimum atomic E-state index is 0.641. The van der Waals surface area contributed by atoms with Gasteiger partial charge in [-0.15, -0.1) is 0 Å². The van der Waals surface area contributed by atoms with E-state index < -0.39 is 0 Å². The van der Waals surface area contributed by atoms with Crippen LogP contribution in [0.4, 0.5) is 0 Å². The predicted octanol–water partition coefficient (Wildman–Crippen LogP) is 0.258.